The van der Waals surface area contributed by atoms with Crippen LogP contribution in [-0.4, -0.2) is 11.6 Å². The molecule has 0 aliphatic rings. The Kier molecular flexibility index (Phi) is 3.80. The smallest absolute Gasteiger partial charge is 0.123 e. The summed E-state index contributed by atoms with van der Waals surface area (Å²) in [5.74, 6) is 1.39. The van der Waals surface area contributed by atoms with E-state index in [1.807, 2.05) is 37.4 Å². The van der Waals surface area contributed by atoms with Gasteiger partial charge in [0.05, 0.1) is 12.5 Å². The van der Waals surface area contributed by atoms with Crippen LogP contribution in [0.2, 0.25) is 0 Å². The Morgan fingerprint density at radius 1 is 1.44 bits per heavy atom. The quantitative estimate of drug-likeness (QED) is 0.770. The topological polar surface area (TPSA) is 22.1 Å². The summed E-state index contributed by atoms with van der Waals surface area (Å²) in [4.78, 5) is 5.42. The fraction of sp³-hybridized carbons (Fsp3) is 0.250. The van der Waals surface area contributed by atoms with Crippen molar-refractivity contribution < 1.29 is 4.74 Å². The van der Waals surface area contributed by atoms with Gasteiger partial charge in [0.2, 0.25) is 0 Å². The molecular formula is C12H12ClNOS. The third-order valence-electron chi connectivity index (χ3n) is 2.08. The maximum atomic E-state index is 5.75. The van der Waals surface area contributed by atoms with Crippen molar-refractivity contribution in [2.75, 3.05) is 6.61 Å². The Balaban J connectivity index is 2.28. The second-order valence-corrected chi connectivity index (χ2v) is 4.61. The monoisotopic (exact) mass is 253 g/mol. The Hall–Kier alpha value is -1.06. The normalized spacial score (nSPS) is 10.4. The molecule has 16 heavy (non-hydrogen) atoms. The molecule has 1 aromatic carbocycles. The molecule has 4 heteroatoms. The molecule has 0 radical (unpaired) electrons. The van der Waals surface area contributed by atoms with Crippen LogP contribution in [0.4, 0.5) is 0 Å². The van der Waals surface area contributed by atoms with Gasteiger partial charge in [0.1, 0.15) is 10.8 Å². The summed E-state index contributed by atoms with van der Waals surface area (Å²) in [6.45, 7) is 2.65. The minimum absolute atomic E-state index is 0.517. The molecular weight excluding hydrogens is 242 g/mol. The van der Waals surface area contributed by atoms with E-state index in [9.17, 15) is 0 Å². The highest BCUT2D eigenvalue weighted by atomic mass is 35.5. The third kappa shape index (κ3) is 2.54. The SMILES string of the molecule is CCOc1cccc(-c2ncc(CCl)s2)c1. The van der Waals surface area contributed by atoms with Gasteiger partial charge in [-0.15, -0.1) is 22.9 Å². The molecule has 0 spiro atoms. The van der Waals surface area contributed by atoms with Gasteiger partial charge in [0.15, 0.2) is 0 Å². The van der Waals surface area contributed by atoms with Crippen LogP contribution in [0.1, 0.15) is 11.8 Å². The van der Waals surface area contributed by atoms with Gasteiger partial charge in [0, 0.05) is 16.6 Å². The standard InChI is InChI=1S/C12H12ClNOS/c1-2-15-10-5-3-4-9(6-10)12-14-8-11(7-13)16-12/h3-6,8H,2,7H2,1H3. The zero-order chi connectivity index (χ0) is 11.4. The van der Waals surface area contributed by atoms with Crippen molar-refractivity contribution in [1.82, 2.24) is 4.98 Å². The Bertz CT molecular complexity index is 470. The molecule has 2 aromatic rings. The van der Waals surface area contributed by atoms with Crippen LogP contribution in [0.3, 0.4) is 0 Å². The average molecular weight is 254 g/mol. The second kappa shape index (κ2) is 5.32. The van der Waals surface area contributed by atoms with E-state index in [1.165, 1.54) is 0 Å². The van der Waals surface area contributed by atoms with Crippen molar-refractivity contribution in [3.63, 3.8) is 0 Å². The van der Waals surface area contributed by atoms with E-state index in [-0.39, 0.29) is 0 Å². The van der Waals surface area contributed by atoms with Crippen molar-refractivity contribution in [2.45, 2.75) is 12.8 Å². The summed E-state index contributed by atoms with van der Waals surface area (Å²) in [5.41, 5.74) is 1.08. The number of ether oxygens (including phenoxy) is 1. The van der Waals surface area contributed by atoms with Crippen LogP contribution in [0.5, 0.6) is 5.75 Å². The van der Waals surface area contributed by atoms with Crippen molar-refractivity contribution in [3.05, 3.63) is 35.3 Å². The Morgan fingerprint density at radius 3 is 3.00 bits per heavy atom. The number of benzene rings is 1. The van der Waals surface area contributed by atoms with E-state index in [2.05, 4.69) is 4.98 Å². The first kappa shape index (κ1) is 11.4. The maximum absolute atomic E-state index is 5.75. The zero-order valence-electron chi connectivity index (χ0n) is 8.94. The minimum atomic E-state index is 0.517. The van der Waals surface area contributed by atoms with E-state index in [4.69, 9.17) is 16.3 Å². The third-order valence-corrected chi connectivity index (χ3v) is 3.57. The molecule has 0 aliphatic heterocycles. The number of halogens is 1. The predicted octanol–water partition coefficient (Wildman–Crippen LogP) is 3.95. The van der Waals surface area contributed by atoms with Crippen molar-refractivity contribution in [3.8, 4) is 16.3 Å². The molecule has 1 heterocycles. The Labute approximate surface area is 104 Å². The summed E-state index contributed by atoms with van der Waals surface area (Å²) in [5, 5.41) is 0.984. The fourth-order valence-electron chi connectivity index (χ4n) is 1.39. The second-order valence-electron chi connectivity index (χ2n) is 3.23. The number of hydrogen-bond donors (Lipinski definition) is 0. The van der Waals surface area contributed by atoms with Crippen LogP contribution in [0, 0.1) is 0 Å². The lowest BCUT2D eigenvalue weighted by Gasteiger charge is -2.03. The number of hydrogen-bond acceptors (Lipinski definition) is 3. The van der Waals surface area contributed by atoms with E-state index >= 15 is 0 Å². The van der Waals surface area contributed by atoms with Gasteiger partial charge in [0.25, 0.3) is 0 Å². The molecule has 0 bridgehead atoms. The molecule has 0 atom stereocenters. The van der Waals surface area contributed by atoms with Gasteiger partial charge in [-0.3, -0.25) is 0 Å². The van der Waals surface area contributed by atoms with Crippen molar-refractivity contribution in [2.24, 2.45) is 0 Å². The Morgan fingerprint density at radius 2 is 2.31 bits per heavy atom. The van der Waals surface area contributed by atoms with Gasteiger partial charge in [-0.05, 0) is 19.1 Å². The van der Waals surface area contributed by atoms with Gasteiger partial charge in [-0.25, -0.2) is 4.98 Å². The first-order valence-corrected chi connectivity index (χ1v) is 6.42. The van der Waals surface area contributed by atoms with Gasteiger partial charge in [-0.1, -0.05) is 12.1 Å². The van der Waals surface area contributed by atoms with E-state index in [1.54, 1.807) is 11.3 Å². The number of rotatable bonds is 4. The number of thiazole rings is 1. The largest absolute Gasteiger partial charge is 0.494 e. The highest BCUT2D eigenvalue weighted by Crippen LogP contribution is 2.28. The minimum Gasteiger partial charge on any atom is -0.494 e. The molecule has 0 saturated carbocycles. The van der Waals surface area contributed by atoms with Gasteiger partial charge in [-0.2, -0.15) is 0 Å². The molecule has 0 fully saturated rings. The first-order chi connectivity index (χ1) is 7.83. The molecule has 1 aromatic heterocycles. The average Bonchev–Trinajstić information content (AvgIpc) is 2.78. The van der Waals surface area contributed by atoms with Crippen molar-refractivity contribution >= 4 is 22.9 Å². The van der Waals surface area contributed by atoms with Gasteiger partial charge < -0.3 is 4.74 Å². The first-order valence-electron chi connectivity index (χ1n) is 5.07. The summed E-state index contributed by atoms with van der Waals surface area (Å²) >= 11 is 7.37. The number of aromatic nitrogens is 1. The number of nitrogens with zero attached hydrogens (tertiary/aromatic N) is 1. The maximum Gasteiger partial charge on any atom is 0.123 e. The fourth-order valence-corrected chi connectivity index (χ4v) is 2.38. The van der Waals surface area contributed by atoms with Crippen LogP contribution in [0.15, 0.2) is 30.5 Å². The molecule has 0 N–H and O–H groups in total. The summed E-state index contributed by atoms with van der Waals surface area (Å²) in [6, 6.07) is 7.95. The molecule has 0 amide bonds. The molecule has 2 rings (SSSR count). The van der Waals surface area contributed by atoms with E-state index < -0.39 is 0 Å². The number of alkyl halides is 1. The summed E-state index contributed by atoms with van der Waals surface area (Å²) < 4.78 is 5.45. The molecule has 0 aliphatic carbocycles. The lowest BCUT2D eigenvalue weighted by molar-refractivity contribution is 0.340. The highest BCUT2D eigenvalue weighted by Gasteiger charge is 2.05. The molecule has 2 nitrogen and oxygen atoms in total. The molecule has 0 saturated heterocycles. The highest BCUT2D eigenvalue weighted by molar-refractivity contribution is 7.15. The lowest BCUT2D eigenvalue weighted by atomic mass is 10.2. The van der Waals surface area contributed by atoms with E-state index in [0.717, 1.165) is 21.2 Å². The van der Waals surface area contributed by atoms with Crippen molar-refractivity contribution in [1.29, 1.82) is 0 Å². The molecule has 0 unspecified atom stereocenters. The lowest BCUT2D eigenvalue weighted by Crippen LogP contribution is -1.90. The predicted molar refractivity (Wildman–Crippen MR) is 68.3 cm³/mol. The van der Waals surface area contributed by atoms with Crippen LogP contribution < -0.4 is 4.74 Å². The van der Waals surface area contributed by atoms with E-state index in [0.29, 0.717) is 12.5 Å². The van der Waals surface area contributed by atoms with Crippen LogP contribution in [0.25, 0.3) is 10.6 Å². The summed E-state index contributed by atoms with van der Waals surface area (Å²) in [7, 11) is 0. The zero-order valence-corrected chi connectivity index (χ0v) is 10.5. The summed E-state index contributed by atoms with van der Waals surface area (Å²) in [6.07, 6.45) is 1.82. The van der Waals surface area contributed by atoms with Crippen LogP contribution in [-0.2, 0) is 5.88 Å². The van der Waals surface area contributed by atoms with Crippen LogP contribution >= 0.6 is 22.9 Å². The molecule has 84 valence electrons. The van der Waals surface area contributed by atoms with Gasteiger partial charge >= 0.3 is 0 Å².